The number of nitrogens with zero attached hydrogens (tertiary/aromatic N) is 1. The van der Waals surface area contributed by atoms with Gasteiger partial charge in [0.2, 0.25) is 0 Å². The lowest BCUT2D eigenvalue weighted by molar-refractivity contribution is 0.0996. The highest BCUT2D eigenvalue weighted by Gasteiger charge is 2.12. The molecule has 0 fully saturated rings. The largest absolute Gasteiger partial charge is 0.483 e. The number of amides is 1. The van der Waals surface area contributed by atoms with E-state index in [9.17, 15) is 4.79 Å². The summed E-state index contributed by atoms with van der Waals surface area (Å²) >= 11 is 0. The third-order valence-corrected chi connectivity index (χ3v) is 2.38. The number of hydrogen-bond acceptors (Lipinski definition) is 5. The summed E-state index contributed by atoms with van der Waals surface area (Å²) in [6.45, 7) is -0.0931. The molecule has 1 aromatic carbocycles. The molecule has 4 N–H and O–H groups in total. The Morgan fingerprint density at radius 3 is 2.85 bits per heavy atom. The molecule has 1 amide bonds. The minimum Gasteiger partial charge on any atom is -0.483 e. The Bertz CT molecular complexity index is 608. The van der Waals surface area contributed by atoms with Gasteiger partial charge < -0.3 is 25.4 Å². The van der Waals surface area contributed by atoms with E-state index < -0.39 is 5.91 Å². The molecule has 0 spiro atoms. The summed E-state index contributed by atoms with van der Waals surface area (Å²) in [5, 5.41) is 13.9. The molecule has 0 radical (unpaired) electrons. The van der Waals surface area contributed by atoms with Crippen molar-refractivity contribution in [3.05, 3.63) is 48.4 Å². The van der Waals surface area contributed by atoms with Crippen LogP contribution in [0, 0.1) is 0 Å². The Morgan fingerprint density at radius 2 is 2.15 bits per heavy atom. The molecular weight excluding hydrogens is 262 g/mol. The molecule has 7 heteroatoms. The van der Waals surface area contributed by atoms with Crippen molar-refractivity contribution in [2.45, 2.75) is 0 Å². The Hall–Kier alpha value is -2.96. The van der Waals surface area contributed by atoms with Crippen molar-refractivity contribution in [1.29, 1.82) is 0 Å². The number of ether oxygens (including phenoxy) is 1. The van der Waals surface area contributed by atoms with Gasteiger partial charge in [0.25, 0.3) is 5.91 Å². The number of benzene rings is 1. The van der Waals surface area contributed by atoms with Crippen molar-refractivity contribution in [3.63, 3.8) is 0 Å². The molecule has 7 nitrogen and oxygen atoms in total. The van der Waals surface area contributed by atoms with Crippen LogP contribution in [0.25, 0.3) is 0 Å². The average Bonchev–Trinajstić information content (AvgIpc) is 3.00. The highest BCUT2D eigenvalue weighted by Crippen LogP contribution is 2.24. The molecule has 104 valence electrons. The summed E-state index contributed by atoms with van der Waals surface area (Å²) < 4.78 is 10.3. The van der Waals surface area contributed by atoms with E-state index >= 15 is 0 Å². The molecule has 0 atom stereocenters. The molecule has 0 unspecified atom stereocenters. The van der Waals surface area contributed by atoms with Crippen molar-refractivity contribution >= 4 is 17.4 Å². The second-order valence-corrected chi connectivity index (χ2v) is 3.81. The number of amidine groups is 1. The number of anilines is 1. The van der Waals surface area contributed by atoms with Crippen LogP contribution in [0.1, 0.15) is 10.6 Å². The van der Waals surface area contributed by atoms with Crippen LogP contribution in [0.15, 0.2) is 52.2 Å². The average molecular weight is 275 g/mol. The summed E-state index contributed by atoms with van der Waals surface area (Å²) in [7, 11) is 0. The van der Waals surface area contributed by atoms with Gasteiger partial charge in [-0.25, -0.2) is 0 Å². The Balaban J connectivity index is 2.09. The molecule has 0 aliphatic carbocycles. The highest BCUT2D eigenvalue weighted by molar-refractivity contribution is 6.03. The van der Waals surface area contributed by atoms with Gasteiger partial charge in [0, 0.05) is 0 Å². The van der Waals surface area contributed by atoms with Crippen LogP contribution < -0.4 is 15.8 Å². The summed E-state index contributed by atoms with van der Waals surface area (Å²) in [6, 6.07) is 9.98. The van der Waals surface area contributed by atoms with Crippen LogP contribution in [0.3, 0.4) is 0 Å². The third kappa shape index (κ3) is 3.29. The third-order valence-electron chi connectivity index (χ3n) is 2.38. The van der Waals surface area contributed by atoms with E-state index in [1.807, 2.05) is 0 Å². The van der Waals surface area contributed by atoms with Gasteiger partial charge in [0.05, 0.1) is 12.0 Å². The van der Waals surface area contributed by atoms with Crippen LogP contribution in [-0.2, 0) is 0 Å². The Kier molecular flexibility index (Phi) is 4.23. The first-order chi connectivity index (χ1) is 9.70. The number of nitrogens with one attached hydrogen (secondary N) is 1. The molecule has 20 heavy (non-hydrogen) atoms. The zero-order valence-corrected chi connectivity index (χ0v) is 10.4. The van der Waals surface area contributed by atoms with E-state index in [4.69, 9.17) is 20.1 Å². The molecule has 0 saturated heterocycles. The van der Waals surface area contributed by atoms with Crippen LogP contribution in [0.5, 0.6) is 5.75 Å². The van der Waals surface area contributed by atoms with Crippen LogP contribution in [0.4, 0.5) is 5.69 Å². The number of carbonyl (C=O) groups is 1. The lowest BCUT2D eigenvalue weighted by Gasteiger charge is -2.11. The second-order valence-electron chi connectivity index (χ2n) is 3.81. The van der Waals surface area contributed by atoms with Gasteiger partial charge in [-0.1, -0.05) is 17.3 Å². The zero-order valence-electron chi connectivity index (χ0n) is 10.4. The molecule has 0 saturated carbocycles. The van der Waals surface area contributed by atoms with Crippen molar-refractivity contribution in [2.24, 2.45) is 10.9 Å². The number of hydrogen-bond donors (Lipinski definition) is 3. The van der Waals surface area contributed by atoms with E-state index in [1.54, 1.807) is 36.4 Å². The minimum atomic E-state index is -0.394. The van der Waals surface area contributed by atoms with Crippen LogP contribution >= 0.6 is 0 Å². The molecule has 1 heterocycles. The smallest absolute Gasteiger partial charge is 0.291 e. The van der Waals surface area contributed by atoms with Crippen LogP contribution in [-0.4, -0.2) is 23.6 Å². The van der Waals surface area contributed by atoms with Gasteiger partial charge in [-0.3, -0.25) is 4.79 Å². The van der Waals surface area contributed by atoms with Gasteiger partial charge in [-0.15, -0.1) is 0 Å². The van der Waals surface area contributed by atoms with E-state index in [0.29, 0.717) is 11.4 Å². The molecule has 0 bridgehead atoms. The summed E-state index contributed by atoms with van der Waals surface area (Å²) in [5.41, 5.74) is 5.78. The van der Waals surface area contributed by atoms with Gasteiger partial charge >= 0.3 is 0 Å². The summed E-state index contributed by atoms with van der Waals surface area (Å²) in [6.07, 6.45) is 1.41. The predicted octanol–water partition coefficient (Wildman–Crippen LogP) is 1.66. The van der Waals surface area contributed by atoms with Gasteiger partial charge in [-0.2, -0.15) is 0 Å². The predicted molar refractivity (Wildman–Crippen MR) is 72.0 cm³/mol. The van der Waals surface area contributed by atoms with Gasteiger partial charge in [0.1, 0.15) is 12.4 Å². The number of para-hydroxylation sites is 2. The molecule has 2 aromatic rings. The fourth-order valence-electron chi connectivity index (χ4n) is 1.47. The van der Waals surface area contributed by atoms with Crippen molar-refractivity contribution in [2.75, 3.05) is 11.9 Å². The number of carbonyl (C=O) groups excluding carboxylic acids is 1. The molecular formula is C13H13N3O4. The zero-order chi connectivity index (χ0) is 14.4. The van der Waals surface area contributed by atoms with Crippen molar-refractivity contribution < 1.29 is 19.2 Å². The first-order valence-corrected chi connectivity index (χ1v) is 5.74. The summed E-state index contributed by atoms with van der Waals surface area (Å²) in [5.74, 6) is 0.127. The molecule has 0 aliphatic heterocycles. The lowest BCUT2D eigenvalue weighted by Crippen LogP contribution is -2.21. The standard InChI is InChI=1S/C13H13N3O4/c14-12(16-18)8-20-10-5-2-1-4-9(10)15-13(17)11-6-3-7-19-11/h1-7,18H,8H2,(H2,14,16)(H,15,17). The molecule has 0 aliphatic rings. The van der Waals surface area contributed by atoms with Crippen molar-refractivity contribution in [3.8, 4) is 5.75 Å². The summed E-state index contributed by atoms with van der Waals surface area (Å²) in [4.78, 5) is 11.9. The van der Waals surface area contributed by atoms with E-state index in [1.165, 1.54) is 6.26 Å². The normalized spacial score (nSPS) is 11.1. The maximum Gasteiger partial charge on any atom is 0.291 e. The van der Waals surface area contributed by atoms with E-state index in [0.717, 1.165) is 0 Å². The Morgan fingerprint density at radius 1 is 1.35 bits per heavy atom. The monoisotopic (exact) mass is 275 g/mol. The topological polar surface area (TPSA) is 110 Å². The first kappa shape index (κ1) is 13.5. The fourth-order valence-corrected chi connectivity index (χ4v) is 1.47. The second kappa shape index (κ2) is 6.28. The van der Waals surface area contributed by atoms with Crippen LogP contribution in [0.2, 0.25) is 0 Å². The number of rotatable bonds is 5. The van der Waals surface area contributed by atoms with Gasteiger partial charge in [0.15, 0.2) is 11.6 Å². The molecule has 2 rings (SSSR count). The highest BCUT2D eigenvalue weighted by atomic mass is 16.5. The maximum absolute atomic E-state index is 11.9. The molecule has 1 aromatic heterocycles. The fraction of sp³-hybridized carbons (Fsp3) is 0.0769. The van der Waals surface area contributed by atoms with E-state index in [2.05, 4.69) is 10.5 Å². The minimum absolute atomic E-state index is 0.0721. The number of oxime groups is 1. The number of nitrogens with two attached hydrogens (primary N) is 1. The maximum atomic E-state index is 11.9. The quantitative estimate of drug-likeness (QED) is 0.332. The van der Waals surface area contributed by atoms with Crippen molar-refractivity contribution in [1.82, 2.24) is 0 Å². The van der Waals surface area contributed by atoms with Gasteiger partial charge in [-0.05, 0) is 24.3 Å². The van der Waals surface area contributed by atoms with E-state index in [-0.39, 0.29) is 18.2 Å². The lowest BCUT2D eigenvalue weighted by atomic mass is 10.3. The number of furan rings is 1. The first-order valence-electron chi connectivity index (χ1n) is 5.74. The Labute approximate surface area is 114 Å². The SMILES string of the molecule is N/C(COc1ccccc1NC(=O)c1ccco1)=N\O.